The van der Waals surface area contributed by atoms with Crippen molar-refractivity contribution in [2.45, 2.75) is 25.3 Å². The fourth-order valence-electron chi connectivity index (χ4n) is 3.68. The van der Waals surface area contributed by atoms with E-state index < -0.39 is 10.8 Å². The van der Waals surface area contributed by atoms with E-state index in [-0.39, 0.29) is 11.2 Å². The second-order valence-corrected chi connectivity index (χ2v) is 9.04. The third-order valence-electron chi connectivity index (χ3n) is 5.24. The summed E-state index contributed by atoms with van der Waals surface area (Å²) in [5.74, 6) is 0.441. The van der Waals surface area contributed by atoms with Crippen LogP contribution in [0.15, 0.2) is 69.2 Å². The number of fused-ring (bicyclic) bond motifs is 1. The third-order valence-corrected chi connectivity index (χ3v) is 6.57. The lowest BCUT2D eigenvalue weighted by Gasteiger charge is -2.11. The molecule has 2 aromatic carbocycles. The average molecular weight is 422 g/mol. The summed E-state index contributed by atoms with van der Waals surface area (Å²) in [5.41, 5.74) is 4.29. The van der Waals surface area contributed by atoms with Crippen LogP contribution in [0.5, 0.6) is 0 Å². The highest BCUT2D eigenvalue weighted by Crippen LogP contribution is 2.29. The van der Waals surface area contributed by atoms with Gasteiger partial charge in [0, 0.05) is 24.6 Å². The number of H-pyrrole nitrogens is 1. The number of benzene rings is 2. The zero-order valence-electron chi connectivity index (χ0n) is 17.1. The van der Waals surface area contributed by atoms with Crippen LogP contribution in [0, 0.1) is 6.92 Å². The molecule has 0 fully saturated rings. The fraction of sp³-hybridized carbons (Fsp3) is 0.217. The molecule has 154 valence electrons. The van der Waals surface area contributed by atoms with Crippen molar-refractivity contribution >= 4 is 21.8 Å². The van der Waals surface area contributed by atoms with Crippen LogP contribution in [0.2, 0.25) is 0 Å². The topological polar surface area (TPSA) is 76.9 Å². The van der Waals surface area contributed by atoms with Gasteiger partial charge >= 0.3 is 5.69 Å². The van der Waals surface area contributed by atoms with Crippen LogP contribution in [0.4, 0.5) is 0 Å². The third kappa shape index (κ3) is 3.57. The molecule has 30 heavy (non-hydrogen) atoms. The maximum atomic E-state index is 12.8. The Morgan fingerprint density at radius 3 is 2.43 bits per heavy atom. The molecule has 1 unspecified atom stereocenters. The SMILES string of the molecule is CCS(=O)c1cc(-c2cc(C)c(=O)n(C)c2)cc2c1[nH]c(=O)n2Cc1ccccc1. The van der Waals surface area contributed by atoms with E-state index in [1.807, 2.05) is 55.5 Å². The molecule has 0 radical (unpaired) electrons. The van der Waals surface area contributed by atoms with Gasteiger partial charge in [0.05, 0.1) is 33.3 Å². The Bertz CT molecular complexity index is 1350. The van der Waals surface area contributed by atoms with Gasteiger partial charge in [-0.2, -0.15) is 0 Å². The Balaban J connectivity index is 1.99. The number of aryl methyl sites for hydroxylation is 2. The highest BCUT2D eigenvalue weighted by Gasteiger charge is 2.17. The maximum Gasteiger partial charge on any atom is 0.326 e. The van der Waals surface area contributed by atoms with Crippen molar-refractivity contribution in [2.24, 2.45) is 7.05 Å². The molecule has 0 aliphatic rings. The monoisotopic (exact) mass is 421 g/mol. The second-order valence-electron chi connectivity index (χ2n) is 7.33. The van der Waals surface area contributed by atoms with Crippen molar-refractivity contribution in [2.75, 3.05) is 5.75 Å². The van der Waals surface area contributed by atoms with Gasteiger partial charge in [0.2, 0.25) is 0 Å². The average Bonchev–Trinajstić information content (AvgIpc) is 3.06. The van der Waals surface area contributed by atoms with E-state index in [0.717, 1.165) is 16.7 Å². The first kappa shape index (κ1) is 20.1. The van der Waals surface area contributed by atoms with Crippen LogP contribution in [-0.4, -0.2) is 24.1 Å². The first-order valence-electron chi connectivity index (χ1n) is 9.75. The van der Waals surface area contributed by atoms with E-state index in [1.54, 1.807) is 29.3 Å². The largest absolute Gasteiger partial charge is 0.326 e. The van der Waals surface area contributed by atoms with Crippen LogP contribution in [0.25, 0.3) is 22.2 Å². The predicted octanol–water partition coefficient (Wildman–Crippen LogP) is 3.18. The molecule has 0 aliphatic carbocycles. The van der Waals surface area contributed by atoms with Crippen molar-refractivity contribution in [3.05, 3.63) is 86.7 Å². The molecule has 7 heteroatoms. The number of aromatic amines is 1. The van der Waals surface area contributed by atoms with E-state index in [9.17, 15) is 13.8 Å². The molecule has 6 nitrogen and oxygen atoms in total. The molecule has 2 aromatic heterocycles. The Hall–Kier alpha value is -3.19. The molecule has 2 heterocycles. The van der Waals surface area contributed by atoms with E-state index >= 15 is 0 Å². The van der Waals surface area contributed by atoms with Crippen LogP contribution >= 0.6 is 0 Å². The molecule has 1 N–H and O–H groups in total. The van der Waals surface area contributed by atoms with Gasteiger partial charge < -0.3 is 9.55 Å². The van der Waals surface area contributed by atoms with Gasteiger partial charge in [-0.15, -0.1) is 0 Å². The molecular formula is C23H23N3O3S. The number of nitrogens with zero attached hydrogens (tertiary/aromatic N) is 2. The fourth-order valence-corrected chi connectivity index (χ4v) is 4.64. The Morgan fingerprint density at radius 1 is 1.03 bits per heavy atom. The number of imidazole rings is 1. The lowest BCUT2D eigenvalue weighted by molar-refractivity contribution is 0.684. The van der Waals surface area contributed by atoms with E-state index in [2.05, 4.69) is 4.98 Å². The lowest BCUT2D eigenvalue weighted by Crippen LogP contribution is -2.18. The minimum atomic E-state index is -1.26. The van der Waals surface area contributed by atoms with Crippen molar-refractivity contribution in [1.29, 1.82) is 0 Å². The number of aromatic nitrogens is 3. The van der Waals surface area contributed by atoms with E-state index in [4.69, 9.17) is 0 Å². The summed E-state index contributed by atoms with van der Waals surface area (Å²) in [5, 5.41) is 0. The van der Waals surface area contributed by atoms with Gasteiger partial charge in [0.1, 0.15) is 0 Å². The summed E-state index contributed by atoms with van der Waals surface area (Å²) < 4.78 is 16.0. The summed E-state index contributed by atoms with van der Waals surface area (Å²) in [6.07, 6.45) is 1.77. The van der Waals surface area contributed by atoms with Crippen LogP contribution in [0.3, 0.4) is 0 Å². The second kappa shape index (κ2) is 7.91. The standard InChI is InChI=1S/C23H23N3O3S/c1-4-30(29)20-12-17(18-10-15(2)22(27)25(3)14-18)11-19-21(20)24-23(28)26(19)13-16-8-6-5-7-9-16/h5-12,14H,4,13H2,1-3H3,(H,24,28). The van der Waals surface area contributed by atoms with Crippen molar-refractivity contribution in [3.8, 4) is 11.1 Å². The zero-order chi connectivity index (χ0) is 21.4. The zero-order valence-corrected chi connectivity index (χ0v) is 18.0. The number of rotatable bonds is 5. The summed E-state index contributed by atoms with van der Waals surface area (Å²) in [7, 11) is 0.455. The Morgan fingerprint density at radius 2 is 1.77 bits per heavy atom. The Labute approximate surface area is 176 Å². The molecule has 0 spiro atoms. The predicted molar refractivity (Wildman–Crippen MR) is 120 cm³/mol. The van der Waals surface area contributed by atoms with Crippen LogP contribution in [-0.2, 0) is 24.4 Å². The quantitative estimate of drug-likeness (QED) is 0.538. The van der Waals surface area contributed by atoms with Gasteiger partial charge in [-0.25, -0.2) is 4.79 Å². The van der Waals surface area contributed by atoms with E-state index in [1.165, 1.54) is 0 Å². The van der Waals surface area contributed by atoms with Crippen molar-refractivity contribution in [1.82, 2.24) is 14.1 Å². The molecule has 0 bridgehead atoms. The maximum absolute atomic E-state index is 12.8. The number of nitrogens with one attached hydrogen (secondary N) is 1. The minimum absolute atomic E-state index is 0.0557. The summed E-state index contributed by atoms with van der Waals surface area (Å²) >= 11 is 0. The summed E-state index contributed by atoms with van der Waals surface area (Å²) in [6.45, 7) is 4.04. The lowest BCUT2D eigenvalue weighted by atomic mass is 10.1. The van der Waals surface area contributed by atoms with Gasteiger partial charge in [-0.05, 0) is 41.8 Å². The minimum Gasteiger partial charge on any atom is -0.318 e. The molecule has 1 atom stereocenters. The molecule has 0 aliphatic heterocycles. The van der Waals surface area contributed by atoms with Gasteiger partial charge in [-0.3, -0.25) is 13.6 Å². The van der Waals surface area contributed by atoms with Gasteiger partial charge in [0.25, 0.3) is 5.56 Å². The summed E-state index contributed by atoms with van der Waals surface area (Å²) in [6, 6.07) is 15.3. The van der Waals surface area contributed by atoms with Crippen molar-refractivity contribution < 1.29 is 4.21 Å². The normalized spacial score (nSPS) is 12.4. The van der Waals surface area contributed by atoms with Crippen molar-refractivity contribution in [3.63, 3.8) is 0 Å². The molecule has 0 saturated heterocycles. The van der Waals surface area contributed by atoms with Gasteiger partial charge in [-0.1, -0.05) is 37.3 Å². The number of hydrogen-bond donors (Lipinski definition) is 1. The highest BCUT2D eigenvalue weighted by atomic mass is 32.2. The van der Waals surface area contributed by atoms with E-state index in [0.29, 0.717) is 33.8 Å². The first-order valence-corrected chi connectivity index (χ1v) is 11.1. The molecule has 4 rings (SSSR count). The van der Waals surface area contributed by atoms with Crippen LogP contribution in [0.1, 0.15) is 18.1 Å². The van der Waals surface area contributed by atoms with Crippen LogP contribution < -0.4 is 11.2 Å². The molecule has 4 aromatic rings. The number of pyridine rings is 1. The molecule has 0 saturated carbocycles. The van der Waals surface area contributed by atoms with Gasteiger partial charge in [0.15, 0.2) is 0 Å². The summed E-state index contributed by atoms with van der Waals surface area (Å²) in [4.78, 5) is 28.4. The highest BCUT2D eigenvalue weighted by molar-refractivity contribution is 7.85. The molecule has 0 amide bonds. The molecular weight excluding hydrogens is 398 g/mol. The Kier molecular flexibility index (Phi) is 5.30. The number of hydrogen-bond acceptors (Lipinski definition) is 3. The first-order chi connectivity index (χ1) is 14.4. The smallest absolute Gasteiger partial charge is 0.318 e.